The maximum absolute atomic E-state index is 12.7. The van der Waals surface area contributed by atoms with E-state index in [0.717, 1.165) is 34.9 Å². The summed E-state index contributed by atoms with van der Waals surface area (Å²) in [5.74, 6) is -0.232. The lowest BCUT2D eigenvalue weighted by atomic mass is 10.2. The fraction of sp³-hybridized carbons (Fsp3) is 0.158. The van der Waals surface area contributed by atoms with Crippen molar-refractivity contribution in [3.8, 4) is 0 Å². The zero-order valence-electron chi connectivity index (χ0n) is 15.3. The maximum Gasteiger partial charge on any atom is 0.416 e. The smallest absolute Gasteiger partial charge is 0.414 e. The van der Waals surface area contributed by atoms with Gasteiger partial charge in [0.1, 0.15) is 6.54 Å². The molecule has 4 rings (SSSR count). The van der Waals surface area contributed by atoms with Crippen molar-refractivity contribution in [1.29, 1.82) is 0 Å². The minimum atomic E-state index is -4.48. The number of nitrogens with zero attached hydrogens (tertiary/aromatic N) is 4. The van der Waals surface area contributed by atoms with Crippen LogP contribution in [-0.2, 0) is 17.5 Å². The average Bonchev–Trinajstić information content (AvgIpc) is 3.34. The fourth-order valence-electron chi connectivity index (χ4n) is 2.74. The van der Waals surface area contributed by atoms with Crippen molar-refractivity contribution in [3.63, 3.8) is 0 Å². The van der Waals surface area contributed by atoms with Crippen LogP contribution >= 0.6 is 11.8 Å². The van der Waals surface area contributed by atoms with Gasteiger partial charge < -0.3 is 14.3 Å². The van der Waals surface area contributed by atoms with Crippen LogP contribution in [0, 0.1) is 0 Å². The molecule has 154 valence electrons. The second kappa shape index (κ2) is 8.19. The number of alkyl halides is 3. The van der Waals surface area contributed by atoms with E-state index >= 15 is 0 Å². The fourth-order valence-corrected chi connectivity index (χ4v) is 3.32. The van der Waals surface area contributed by atoms with E-state index < -0.39 is 17.6 Å². The molecule has 0 saturated heterocycles. The van der Waals surface area contributed by atoms with Crippen LogP contribution in [0.15, 0.2) is 64.5 Å². The van der Waals surface area contributed by atoms with Gasteiger partial charge in [0.2, 0.25) is 11.8 Å². The second-order valence-electron chi connectivity index (χ2n) is 6.24. The molecule has 0 unspecified atom stereocenters. The summed E-state index contributed by atoms with van der Waals surface area (Å²) >= 11 is 0.995. The van der Waals surface area contributed by atoms with E-state index in [1.54, 1.807) is 6.33 Å². The van der Waals surface area contributed by atoms with Gasteiger partial charge in [-0.3, -0.25) is 4.79 Å². The van der Waals surface area contributed by atoms with Crippen LogP contribution in [-0.4, -0.2) is 31.4 Å². The summed E-state index contributed by atoms with van der Waals surface area (Å²) in [5, 5.41) is 10.5. The number of anilines is 1. The average molecular weight is 433 g/mol. The molecule has 2 aromatic carbocycles. The van der Waals surface area contributed by atoms with Gasteiger partial charge in [-0.1, -0.05) is 30.0 Å². The van der Waals surface area contributed by atoms with E-state index in [0.29, 0.717) is 12.4 Å². The molecule has 7 nitrogen and oxygen atoms in total. The lowest BCUT2D eigenvalue weighted by molar-refractivity contribution is -0.137. The molecule has 1 N–H and O–H groups in total. The topological polar surface area (TPSA) is 85.8 Å². The first-order chi connectivity index (χ1) is 14.4. The molecule has 0 aliphatic heterocycles. The van der Waals surface area contributed by atoms with Crippen LogP contribution in [0.5, 0.6) is 0 Å². The van der Waals surface area contributed by atoms with Crippen molar-refractivity contribution in [2.75, 3.05) is 11.1 Å². The zero-order chi connectivity index (χ0) is 21.1. The first kappa shape index (κ1) is 20.0. The Morgan fingerprint density at radius 1 is 1.13 bits per heavy atom. The number of benzene rings is 2. The van der Waals surface area contributed by atoms with Gasteiger partial charge in [-0.15, -0.1) is 10.2 Å². The first-order valence-corrected chi connectivity index (χ1v) is 9.69. The van der Waals surface area contributed by atoms with Gasteiger partial charge in [0.25, 0.3) is 5.22 Å². The van der Waals surface area contributed by atoms with Gasteiger partial charge in [-0.2, -0.15) is 13.2 Å². The summed E-state index contributed by atoms with van der Waals surface area (Å²) in [6.07, 6.45) is -2.81. The number of halogens is 3. The van der Waals surface area contributed by atoms with Gasteiger partial charge in [-0.25, -0.2) is 4.98 Å². The number of hydrogen-bond acceptors (Lipinski definition) is 6. The number of amides is 1. The second-order valence-corrected chi connectivity index (χ2v) is 7.16. The Kier molecular flexibility index (Phi) is 5.44. The van der Waals surface area contributed by atoms with E-state index in [1.807, 2.05) is 28.8 Å². The van der Waals surface area contributed by atoms with Crippen LogP contribution in [0.3, 0.4) is 0 Å². The predicted octanol–water partition coefficient (Wildman–Crippen LogP) is 4.22. The molecule has 0 aliphatic carbocycles. The molecule has 4 aromatic rings. The first-order valence-electron chi connectivity index (χ1n) is 8.70. The highest BCUT2D eigenvalue weighted by Gasteiger charge is 2.30. The Bertz CT molecular complexity index is 1190. The number of aromatic nitrogens is 4. The van der Waals surface area contributed by atoms with Crippen molar-refractivity contribution in [2.45, 2.75) is 17.9 Å². The van der Waals surface area contributed by atoms with Gasteiger partial charge in [0, 0.05) is 5.69 Å². The van der Waals surface area contributed by atoms with Crippen molar-refractivity contribution < 1.29 is 22.4 Å². The Morgan fingerprint density at radius 3 is 2.80 bits per heavy atom. The number of thioether (sulfide) groups is 1. The summed E-state index contributed by atoms with van der Waals surface area (Å²) in [7, 11) is 0. The summed E-state index contributed by atoms with van der Waals surface area (Å²) < 4.78 is 45.6. The number of carbonyl (C=O) groups is 1. The summed E-state index contributed by atoms with van der Waals surface area (Å²) in [5.41, 5.74) is 0.999. The lowest BCUT2D eigenvalue weighted by Crippen LogP contribution is -2.15. The molecule has 0 atom stereocenters. The zero-order valence-corrected chi connectivity index (χ0v) is 16.1. The van der Waals surface area contributed by atoms with Gasteiger partial charge in [0.05, 0.1) is 28.7 Å². The number of hydrogen-bond donors (Lipinski definition) is 1. The molecule has 0 saturated carbocycles. The van der Waals surface area contributed by atoms with E-state index in [9.17, 15) is 18.0 Å². The Labute approximate surface area is 172 Å². The Hall–Kier alpha value is -3.34. The maximum atomic E-state index is 12.7. The molecule has 11 heteroatoms. The molecule has 0 aliphatic rings. The number of carbonyl (C=O) groups excluding carboxylic acids is 1. The van der Waals surface area contributed by atoms with Crippen LogP contribution in [0.25, 0.3) is 11.0 Å². The predicted molar refractivity (Wildman–Crippen MR) is 104 cm³/mol. The van der Waals surface area contributed by atoms with Crippen molar-refractivity contribution in [3.05, 3.63) is 66.3 Å². The number of para-hydroxylation sites is 2. The molecule has 1 amide bonds. The van der Waals surface area contributed by atoms with Crippen molar-refractivity contribution >= 4 is 34.4 Å². The normalized spacial score (nSPS) is 11.7. The molecule has 0 radical (unpaired) electrons. The monoisotopic (exact) mass is 433 g/mol. The number of nitrogens with one attached hydrogen (secondary N) is 1. The highest BCUT2D eigenvalue weighted by Crippen LogP contribution is 2.30. The quantitative estimate of drug-likeness (QED) is 0.459. The summed E-state index contributed by atoms with van der Waals surface area (Å²) in [6, 6.07) is 12.0. The minimum Gasteiger partial charge on any atom is -0.414 e. The van der Waals surface area contributed by atoms with Crippen molar-refractivity contribution in [1.82, 2.24) is 19.7 Å². The van der Waals surface area contributed by atoms with Crippen LogP contribution < -0.4 is 5.32 Å². The van der Waals surface area contributed by atoms with Gasteiger partial charge in [0.15, 0.2) is 0 Å². The number of fused-ring (bicyclic) bond motifs is 1. The molecule has 2 heterocycles. The van der Waals surface area contributed by atoms with E-state index in [-0.39, 0.29) is 16.7 Å². The summed E-state index contributed by atoms with van der Waals surface area (Å²) in [4.78, 5) is 16.3. The Morgan fingerprint density at radius 2 is 1.97 bits per heavy atom. The molecule has 0 fully saturated rings. The minimum absolute atomic E-state index is 0.0635. The highest BCUT2D eigenvalue weighted by molar-refractivity contribution is 7.99. The highest BCUT2D eigenvalue weighted by atomic mass is 32.2. The third-order valence-electron chi connectivity index (χ3n) is 4.08. The van der Waals surface area contributed by atoms with Gasteiger partial charge >= 0.3 is 6.18 Å². The Balaban J connectivity index is 1.34. The lowest BCUT2D eigenvalue weighted by Gasteiger charge is -2.09. The largest absolute Gasteiger partial charge is 0.416 e. The number of rotatable bonds is 6. The molecular formula is C19H14F3N5O2S. The molecule has 30 heavy (non-hydrogen) atoms. The standard InChI is InChI=1S/C19H14F3N5O2S/c20-19(21,22)12-4-3-5-13(8-12)24-16(28)10-30-18-26-25-17(29-18)9-27-11-23-14-6-1-2-7-15(14)27/h1-8,11H,9-10H2,(H,24,28). The van der Waals surface area contributed by atoms with Gasteiger partial charge in [-0.05, 0) is 30.3 Å². The SMILES string of the molecule is O=C(CSc1nnc(Cn2cnc3ccccc32)o1)Nc1cccc(C(F)(F)F)c1. The van der Waals surface area contributed by atoms with E-state index in [4.69, 9.17) is 4.42 Å². The third kappa shape index (κ3) is 4.62. The molecule has 0 bridgehead atoms. The van der Waals surface area contributed by atoms with E-state index in [2.05, 4.69) is 20.5 Å². The summed E-state index contributed by atoms with van der Waals surface area (Å²) in [6.45, 7) is 0.324. The number of imidazole rings is 1. The van der Waals surface area contributed by atoms with Crippen LogP contribution in [0.1, 0.15) is 11.5 Å². The molecule has 0 spiro atoms. The molecular weight excluding hydrogens is 419 g/mol. The van der Waals surface area contributed by atoms with E-state index in [1.165, 1.54) is 12.1 Å². The third-order valence-corrected chi connectivity index (χ3v) is 4.90. The van der Waals surface area contributed by atoms with Crippen LogP contribution in [0.2, 0.25) is 0 Å². The molecule has 2 aromatic heterocycles. The van der Waals surface area contributed by atoms with Crippen molar-refractivity contribution in [2.24, 2.45) is 0 Å². The van der Waals surface area contributed by atoms with Crippen LogP contribution in [0.4, 0.5) is 18.9 Å².